The summed E-state index contributed by atoms with van der Waals surface area (Å²) < 4.78 is 11.2. The van der Waals surface area contributed by atoms with E-state index in [1.165, 1.54) is 0 Å². The van der Waals surface area contributed by atoms with Crippen molar-refractivity contribution in [1.82, 2.24) is 0 Å². The van der Waals surface area contributed by atoms with Gasteiger partial charge in [0.15, 0.2) is 0 Å². The molecule has 1 amide bonds. The lowest BCUT2D eigenvalue weighted by Crippen LogP contribution is -2.13. The molecule has 0 saturated carbocycles. The Kier molecular flexibility index (Phi) is 7.12. The number of anilines is 1. The van der Waals surface area contributed by atoms with E-state index in [0.717, 1.165) is 16.3 Å². The number of carbonyl (C=O) groups excluding carboxylic acids is 1. The van der Waals surface area contributed by atoms with E-state index in [0.29, 0.717) is 34.4 Å². The van der Waals surface area contributed by atoms with Gasteiger partial charge < -0.3 is 14.8 Å². The van der Waals surface area contributed by atoms with Crippen LogP contribution in [0.3, 0.4) is 0 Å². The number of fused-ring (bicyclic) bond motifs is 1. The molecule has 34 heavy (non-hydrogen) atoms. The van der Waals surface area contributed by atoms with E-state index < -0.39 is 5.91 Å². The van der Waals surface area contributed by atoms with E-state index >= 15 is 0 Å². The molecule has 0 heterocycles. The number of amides is 1. The molecule has 4 aromatic carbocycles. The minimum absolute atomic E-state index is 0.0336. The Bertz CT molecular complexity index is 1410. The summed E-state index contributed by atoms with van der Waals surface area (Å²) >= 11 is 6.16. The normalized spacial score (nSPS) is 11.0. The number of nitrogens with one attached hydrogen (secondary N) is 1. The van der Waals surface area contributed by atoms with E-state index in [1.807, 2.05) is 66.7 Å². The maximum atomic E-state index is 12.8. The van der Waals surface area contributed by atoms with E-state index in [-0.39, 0.29) is 5.57 Å². The number of carbonyl (C=O) groups is 1. The first kappa shape index (κ1) is 22.9. The molecule has 0 aliphatic carbocycles. The van der Waals surface area contributed by atoms with Gasteiger partial charge in [0.1, 0.15) is 29.7 Å². The summed E-state index contributed by atoms with van der Waals surface area (Å²) in [7, 11) is 1.56. The summed E-state index contributed by atoms with van der Waals surface area (Å²) in [4.78, 5) is 12.8. The maximum Gasteiger partial charge on any atom is 0.266 e. The topological polar surface area (TPSA) is 71.3 Å². The van der Waals surface area contributed by atoms with Crippen LogP contribution in [0.25, 0.3) is 16.8 Å². The molecule has 1 N–H and O–H groups in total. The molecule has 4 rings (SSSR count). The highest BCUT2D eigenvalue weighted by atomic mass is 35.5. The molecular formula is C28H21ClN2O3. The van der Waals surface area contributed by atoms with Crippen LogP contribution < -0.4 is 14.8 Å². The highest BCUT2D eigenvalue weighted by Gasteiger charge is 2.13. The molecule has 0 aliphatic rings. The number of hydrogen-bond acceptors (Lipinski definition) is 4. The Hall–Kier alpha value is -4.27. The fraction of sp³-hybridized carbons (Fsp3) is 0.0714. The lowest BCUT2D eigenvalue weighted by molar-refractivity contribution is -0.112. The molecule has 0 bridgehead atoms. The number of methoxy groups -OCH3 is 1. The lowest BCUT2D eigenvalue weighted by atomic mass is 10.0. The SMILES string of the molecule is COc1ccc2ccccc2c1/C=C(\C#N)C(=O)Nc1ccc(OCc2ccccc2Cl)cc1. The first-order valence-electron chi connectivity index (χ1n) is 10.5. The number of nitriles is 1. The third kappa shape index (κ3) is 5.20. The van der Waals surface area contributed by atoms with Crippen LogP contribution in [0.15, 0.2) is 90.5 Å². The Labute approximate surface area is 202 Å². The van der Waals surface area contributed by atoms with Crippen LogP contribution in [0.2, 0.25) is 5.02 Å². The number of halogens is 1. The molecule has 6 heteroatoms. The number of ether oxygens (including phenoxy) is 2. The number of rotatable bonds is 7. The van der Waals surface area contributed by atoms with Crippen molar-refractivity contribution in [2.24, 2.45) is 0 Å². The Morgan fingerprint density at radius 1 is 1.00 bits per heavy atom. The molecular weight excluding hydrogens is 448 g/mol. The third-order valence-electron chi connectivity index (χ3n) is 5.27. The molecule has 0 fully saturated rings. The second-order valence-electron chi connectivity index (χ2n) is 7.43. The van der Waals surface area contributed by atoms with Gasteiger partial charge in [-0.15, -0.1) is 0 Å². The molecule has 0 saturated heterocycles. The van der Waals surface area contributed by atoms with E-state index in [4.69, 9.17) is 21.1 Å². The Morgan fingerprint density at radius 3 is 2.47 bits per heavy atom. The molecule has 0 aliphatic heterocycles. The average molecular weight is 469 g/mol. The van der Waals surface area contributed by atoms with Gasteiger partial charge in [-0.25, -0.2) is 0 Å². The van der Waals surface area contributed by atoms with Crippen molar-refractivity contribution < 1.29 is 14.3 Å². The van der Waals surface area contributed by atoms with Crippen LogP contribution >= 0.6 is 11.6 Å². The van der Waals surface area contributed by atoms with Crippen LogP contribution in [0, 0.1) is 11.3 Å². The van der Waals surface area contributed by atoms with Gasteiger partial charge in [-0.3, -0.25) is 4.79 Å². The van der Waals surface area contributed by atoms with Gasteiger partial charge in [0.05, 0.1) is 7.11 Å². The van der Waals surface area contributed by atoms with E-state index in [1.54, 1.807) is 37.5 Å². The fourth-order valence-corrected chi connectivity index (χ4v) is 3.70. The second kappa shape index (κ2) is 10.6. The highest BCUT2D eigenvalue weighted by molar-refractivity contribution is 6.31. The molecule has 0 atom stereocenters. The highest BCUT2D eigenvalue weighted by Crippen LogP contribution is 2.30. The van der Waals surface area contributed by atoms with Crippen LogP contribution in [-0.2, 0) is 11.4 Å². The summed E-state index contributed by atoms with van der Waals surface area (Å²) in [5.41, 5.74) is 2.07. The molecule has 4 aromatic rings. The van der Waals surface area contributed by atoms with Gasteiger partial charge in [0.25, 0.3) is 5.91 Å². The summed E-state index contributed by atoms with van der Waals surface area (Å²) in [6.45, 7) is 0.333. The summed E-state index contributed by atoms with van der Waals surface area (Å²) in [5, 5.41) is 14.9. The predicted octanol–water partition coefficient (Wildman–Crippen LogP) is 6.63. The Balaban J connectivity index is 1.50. The number of nitrogens with zero attached hydrogens (tertiary/aromatic N) is 1. The smallest absolute Gasteiger partial charge is 0.266 e. The number of benzene rings is 4. The van der Waals surface area contributed by atoms with Gasteiger partial charge in [-0.05, 0) is 53.2 Å². The zero-order chi connectivity index (χ0) is 23.9. The van der Waals surface area contributed by atoms with Crippen LogP contribution in [0.4, 0.5) is 5.69 Å². The van der Waals surface area contributed by atoms with Crippen LogP contribution in [0.5, 0.6) is 11.5 Å². The van der Waals surface area contributed by atoms with Gasteiger partial charge in [-0.1, -0.05) is 60.1 Å². The predicted molar refractivity (Wildman–Crippen MR) is 135 cm³/mol. The summed E-state index contributed by atoms with van der Waals surface area (Å²) in [5.74, 6) is 0.705. The monoisotopic (exact) mass is 468 g/mol. The van der Waals surface area contributed by atoms with E-state index in [2.05, 4.69) is 5.32 Å². The quantitative estimate of drug-likeness (QED) is 0.244. The fourth-order valence-electron chi connectivity index (χ4n) is 3.50. The van der Waals surface area contributed by atoms with Crippen molar-refractivity contribution in [2.45, 2.75) is 6.61 Å². The van der Waals surface area contributed by atoms with Gasteiger partial charge in [-0.2, -0.15) is 5.26 Å². The molecule has 0 aromatic heterocycles. The van der Waals surface area contributed by atoms with Crippen LogP contribution in [0.1, 0.15) is 11.1 Å². The molecule has 0 unspecified atom stereocenters. The molecule has 168 valence electrons. The Morgan fingerprint density at radius 2 is 1.74 bits per heavy atom. The standard InChI is InChI=1S/C28H21ClN2O3/c1-33-27-15-10-19-6-2-4-8-24(19)25(27)16-21(17-30)28(32)31-22-11-13-23(14-12-22)34-18-20-7-3-5-9-26(20)29/h2-16H,18H2,1H3,(H,31,32)/b21-16+. The van der Waals surface area contributed by atoms with E-state index in [9.17, 15) is 10.1 Å². The largest absolute Gasteiger partial charge is 0.496 e. The van der Waals surface area contributed by atoms with Crippen molar-refractivity contribution in [2.75, 3.05) is 12.4 Å². The first-order valence-corrected chi connectivity index (χ1v) is 10.9. The average Bonchev–Trinajstić information content (AvgIpc) is 2.87. The third-order valence-corrected chi connectivity index (χ3v) is 5.64. The summed E-state index contributed by atoms with van der Waals surface area (Å²) in [6.07, 6.45) is 1.55. The van der Waals surface area contributed by atoms with Gasteiger partial charge >= 0.3 is 0 Å². The number of hydrogen-bond donors (Lipinski definition) is 1. The summed E-state index contributed by atoms with van der Waals surface area (Å²) in [6, 6.07) is 27.9. The minimum Gasteiger partial charge on any atom is -0.496 e. The van der Waals surface area contributed by atoms with Crippen molar-refractivity contribution >= 4 is 40.0 Å². The zero-order valence-corrected chi connectivity index (χ0v) is 19.2. The lowest BCUT2D eigenvalue weighted by Gasteiger charge is -2.11. The zero-order valence-electron chi connectivity index (χ0n) is 18.4. The van der Waals surface area contributed by atoms with Gasteiger partial charge in [0.2, 0.25) is 0 Å². The molecule has 0 radical (unpaired) electrons. The minimum atomic E-state index is -0.512. The van der Waals surface area contributed by atoms with Crippen molar-refractivity contribution in [3.63, 3.8) is 0 Å². The molecule has 0 spiro atoms. The maximum absolute atomic E-state index is 12.8. The van der Waals surface area contributed by atoms with Crippen molar-refractivity contribution in [3.8, 4) is 17.6 Å². The first-order chi connectivity index (χ1) is 16.6. The van der Waals surface area contributed by atoms with Crippen molar-refractivity contribution in [3.05, 3.63) is 107 Å². The molecule has 5 nitrogen and oxygen atoms in total. The van der Waals surface area contributed by atoms with Crippen LogP contribution in [-0.4, -0.2) is 13.0 Å². The second-order valence-corrected chi connectivity index (χ2v) is 7.84. The van der Waals surface area contributed by atoms with Crippen molar-refractivity contribution in [1.29, 1.82) is 5.26 Å². The van der Waals surface area contributed by atoms with Gasteiger partial charge in [0, 0.05) is 21.8 Å².